The number of rotatable bonds is 55. The van der Waals surface area contributed by atoms with Crippen molar-refractivity contribution >= 4 is 5.91 Å². The summed E-state index contributed by atoms with van der Waals surface area (Å²) in [7, 11) is 0. The standard InChI is InChI=1S/C70H125NO13/c1-3-5-7-9-11-13-15-17-19-21-23-25-27-28-29-30-32-34-36-38-40-42-44-46-48-50-52-54-62(75)71-58(57-81-69-67(80)65(78)68(61(56-73)83-69)84-70-66(79)64(77)63(76)60(55-72)82-70)59(74)53-51-49-47-45-43-41-39-37-35-33-31-26-24-22-20-18-16-14-12-10-8-6-4-2/h5,7,11,13,17,19,23,25,43,45,51,53,58-61,63-70,72-74,76-80H,3-4,6,8-10,12,14-16,18,20-22,24,26-42,44,46-50,52,54-57H2,1-2H3,(H,71,75)/b7-5-,13-11-,19-17-,25-23-,45-43+,53-51+. The Bertz CT molecular complexity index is 1690. The van der Waals surface area contributed by atoms with E-state index in [1.54, 1.807) is 6.08 Å². The Morgan fingerprint density at radius 1 is 0.440 bits per heavy atom. The number of amides is 1. The van der Waals surface area contributed by atoms with E-state index in [0.29, 0.717) is 12.8 Å². The van der Waals surface area contributed by atoms with E-state index in [-0.39, 0.29) is 18.9 Å². The Morgan fingerprint density at radius 3 is 1.31 bits per heavy atom. The molecule has 0 aromatic heterocycles. The van der Waals surface area contributed by atoms with Gasteiger partial charge >= 0.3 is 0 Å². The van der Waals surface area contributed by atoms with E-state index in [2.05, 4.69) is 79.9 Å². The number of carbonyl (C=O) groups excluding carboxylic acids is 1. The molecule has 2 aliphatic heterocycles. The van der Waals surface area contributed by atoms with Gasteiger partial charge in [-0.3, -0.25) is 4.79 Å². The molecule has 9 N–H and O–H groups in total. The number of hydrogen-bond acceptors (Lipinski definition) is 13. The zero-order valence-electron chi connectivity index (χ0n) is 52.9. The Labute approximate surface area is 510 Å². The topological polar surface area (TPSA) is 228 Å². The summed E-state index contributed by atoms with van der Waals surface area (Å²) in [5.41, 5.74) is 0. The molecule has 12 unspecified atom stereocenters. The van der Waals surface area contributed by atoms with Crippen LogP contribution < -0.4 is 5.32 Å². The number of ether oxygens (including phenoxy) is 4. The first-order valence-electron chi connectivity index (χ1n) is 34.2. The molecule has 1 amide bonds. The monoisotopic (exact) mass is 1190 g/mol. The summed E-state index contributed by atoms with van der Waals surface area (Å²) in [6.45, 7) is 2.70. The third kappa shape index (κ3) is 38.7. The Morgan fingerprint density at radius 2 is 0.833 bits per heavy atom. The van der Waals surface area contributed by atoms with Crippen LogP contribution in [-0.4, -0.2) is 140 Å². The molecule has 2 rings (SSSR count). The lowest BCUT2D eigenvalue weighted by Gasteiger charge is -2.46. The smallest absolute Gasteiger partial charge is 0.220 e. The number of hydrogen-bond donors (Lipinski definition) is 9. The lowest BCUT2D eigenvalue weighted by molar-refractivity contribution is -0.359. The van der Waals surface area contributed by atoms with Crippen LogP contribution in [0.1, 0.15) is 271 Å². The lowest BCUT2D eigenvalue weighted by atomic mass is 9.97. The van der Waals surface area contributed by atoms with Crippen LogP contribution >= 0.6 is 0 Å². The fourth-order valence-electron chi connectivity index (χ4n) is 10.9. The largest absolute Gasteiger partial charge is 0.394 e. The maximum absolute atomic E-state index is 13.3. The van der Waals surface area contributed by atoms with Crippen LogP contribution in [-0.2, 0) is 23.7 Å². The van der Waals surface area contributed by atoms with Crippen LogP contribution in [0.2, 0.25) is 0 Å². The molecule has 0 aliphatic carbocycles. The number of nitrogens with one attached hydrogen (secondary N) is 1. The molecule has 2 fully saturated rings. The molecule has 2 heterocycles. The van der Waals surface area contributed by atoms with Crippen LogP contribution in [0.15, 0.2) is 72.9 Å². The van der Waals surface area contributed by atoms with E-state index in [9.17, 15) is 45.6 Å². The van der Waals surface area contributed by atoms with Crippen molar-refractivity contribution < 1.29 is 64.6 Å². The summed E-state index contributed by atoms with van der Waals surface area (Å²) in [6, 6.07) is -0.936. The van der Waals surface area contributed by atoms with Gasteiger partial charge in [0.2, 0.25) is 5.91 Å². The van der Waals surface area contributed by atoms with Gasteiger partial charge < -0.3 is 65.1 Å². The first-order chi connectivity index (χ1) is 41.1. The molecule has 0 radical (unpaired) electrons. The maximum atomic E-state index is 13.3. The molecule has 14 nitrogen and oxygen atoms in total. The van der Waals surface area contributed by atoms with Crippen molar-refractivity contribution in [1.82, 2.24) is 5.32 Å². The van der Waals surface area contributed by atoms with Gasteiger partial charge in [-0.2, -0.15) is 0 Å². The molecule has 0 saturated carbocycles. The molecule has 0 spiro atoms. The van der Waals surface area contributed by atoms with Crippen molar-refractivity contribution in [2.45, 2.75) is 344 Å². The molecule has 14 heteroatoms. The second kappa shape index (κ2) is 54.6. The fourth-order valence-corrected chi connectivity index (χ4v) is 10.9. The molecular formula is C70H125NO13. The van der Waals surface area contributed by atoms with E-state index in [4.69, 9.17) is 18.9 Å². The number of aliphatic hydroxyl groups excluding tert-OH is 8. The molecule has 0 aromatic rings. The number of aliphatic hydroxyl groups is 8. The zero-order valence-corrected chi connectivity index (χ0v) is 52.9. The minimum atomic E-state index is -1.79. The fraction of sp³-hybridized carbons (Fsp3) is 0.814. The highest BCUT2D eigenvalue weighted by Gasteiger charge is 2.51. The normalized spacial score (nSPS) is 24.1. The SMILES string of the molecule is CC/C=C\C/C=C\C/C=C\C/C=C\CCCCCCCCCCCCCCCCC(=O)NC(COC1OC(CO)C(OC2OC(CO)C(O)C(O)C2O)C(O)C1O)C(O)/C=C/CC/C=C/CCCCCCCCCCCCCCCCCCC. The summed E-state index contributed by atoms with van der Waals surface area (Å²) in [6.07, 6.45) is 56.6. The average Bonchev–Trinajstić information content (AvgIpc) is 3.62. The highest BCUT2D eigenvalue weighted by atomic mass is 16.7. The van der Waals surface area contributed by atoms with E-state index in [0.717, 1.165) is 57.8 Å². The number of carbonyl (C=O) groups is 1. The van der Waals surface area contributed by atoms with Gasteiger partial charge in [-0.25, -0.2) is 0 Å². The van der Waals surface area contributed by atoms with E-state index in [1.165, 1.54) is 180 Å². The van der Waals surface area contributed by atoms with Crippen molar-refractivity contribution in [1.29, 1.82) is 0 Å². The summed E-state index contributed by atoms with van der Waals surface area (Å²) < 4.78 is 22.8. The zero-order chi connectivity index (χ0) is 60.9. The van der Waals surface area contributed by atoms with Crippen LogP contribution in [0.4, 0.5) is 0 Å². The summed E-state index contributed by atoms with van der Waals surface area (Å²) in [5, 5.41) is 87.4. The second-order valence-corrected chi connectivity index (χ2v) is 23.9. The molecular weight excluding hydrogens is 1060 g/mol. The van der Waals surface area contributed by atoms with E-state index >= 15 is 0 Å². The number of unbranched alkanes of at least 4 members (excludes halogenated alkanes) is 32. The number of allylic oxidation sites excluding steroid dienone is 11. The highest BCUT2D eigenvalue weighted by Crippen LogP contribution is 2.30. The molecule has 2 aliphatic rings. The van der Waals surface area contributed by atoms with Crippen LogP contribution in [0.25, 0.3) is 0 Å². The van der Waals surface area contributed by atoms with Crippen LogP contribution in [0, 0.1) is 0 Å². The van der Waals surface area contributed by atoms with E-state index in [1.807, 2.05) is 6.08 Å². The predicted molar refractivity (Wildman–Crippen MR) is 341 cm³/mol. The van der Waals surface area contributed by atoms with Gasteiger partial charge in [0, 0.05) is 6.42 Å². The molecule has 488 valence electrons. The first-order valence-corrected chi connectivity index (χ1v) is 34.2. The van der Waals surface area contributed by atoms with Gasteiger partial charge in [-0.05, 0) is 70.6 Å². The van der Waals surface area contributed by atoms with Gasteiger partial charge in [0.1, 0.15) is 48.8 Å². The maximum Gasteiger partial charge on any atom is 0.220 e. The molecule has 84 heavy (non-hydrogen) atoms. The van der Waals surface area contributed by atoms with Crippen LogP contribution in [0.5, 0.6) is 0 Å². The Kier molecular flexibility index (Phi) is 50.4. The highest BCUT2D eigenvalue weighted by molar-refractivity contribution is 5.76. The molecule has 12 atom stereocenters. The minimum Gasteiger partial charge on any atom is -0.394 e. The lowest BCUT2D eigenvalue weighted by Crippen LogP contribution is -2.65. The van der Waals surface area contributed by atoms with Gasteiger partial charge in [0.05, 0.1) is 32.0 Å². The average molecular weight is 1190 g/mol. The molecule has 2 saturated heterocycles. The van der Waals surface area contributed by atoms with Gasteiger partial charge in [0.25, 0.3) is 0 Å². The third-order valence-electron chi connectivity index (χ3n) is 16.4. The predicted octanol–water partition coefficient (Wildman–Crippen LogP) is 13.5. The quantitative estimate of drug-likeness (QED) is 0.0204. The van der Waals surface area contributed by atoms with Gasteiger partial charge in [-0.15, -0.1) is 0 Å². The molecule has 0 aromatic carbocycles. The van der Waals surface area contributed by atoms with Crippen molar-refractivity contribution in [2.24, 2.45) is 0 Å². The van der Waals surface area contributed by atoms with Gasteiger partial charge in [0.15, 0.2) is 12.6 Å². The van der Waals surface area contributed by atoms with Crippen LogP contribution in [0.3, 0.4) is 0 Å². The van der Waals surface area contributed by atoms with Gasteiger partial charge in [-0.1, -0.05) is 267 Å². The second-order valence-electron chi connectivity index (χ2n) is 23.9. The Hall–Kier alpha value is -2.57. The summed E-state index contributed by atoms with van der Waals surface area (Å²) >= 11 is 0. The van der Waals surface area contributed by atoms with Crippen molar-refractivity contribution in [3.05, 3.63) is 72.9 Å². The third-order valence-corrected chi connectivity index (χ3v) is 16.4. The Balaban J connectivity index is 1.71. The minimum absolute atomic E-state index is 0.249. The van der Waals surface area contributed by atoms with Crippen molar-refractivity contribution in [3.63, 3.8) is 0 Å². The first kappa shape index (κ1) is 77.5. The summed E-state index contributed by atoms with van der Waals surface area (Å²) in [5.74, 6) is -0.249. The van der Waals surface area contributed by atoms with E-state index < -0.39 is 86.8 Å². The summed E-state index contributed by atoms with van der Waals surface area (Å²) in [4.78, 5) is 13.3. The molecule has 0 bridgehead atoms. The van der Waals surface area contributed by atoms with Crippen molar-refractivity contribution in [2.75, 3.05) is 19.8 Å². The van der Waals surface area contributed by atoms with Crippen molar-refractivity contribution in [3.8, 4) is 0 Å².